The Balaban J connectivity index is 1.36. The number of carbonyl (C=O) groups is 4. The third-order valence-corrected chi connectivity index (χ3v) is 10.3. The van der Waals surface area contributed by atoms with Gasteiger partial charge in [-0.1, -0.05) is 57.4 Å². The summed E-state index contributed by atoms with van der Waals surface area (Å²) in [5, 5.41) is 9.00. The number of hydrogen-bond donors (Lipinski definition) is 0. The highest BCUT2D eigenvalue weighted by atomic mass is 35.5. The highest BCUT2D eigenvalue weighted by Gasteiger charge is 2.21. The van der Waals surface area contributed by atoms with Gasteiger partial charge < -0.3 is 9.68 Å². The van der Waals surface area contributed by atoms with E-state index >= 15 is 0 Å². The number of ketones is 2. The first-order chi connectivity index (χ1) is 23.6. The highest BCUT2D eigenvalue weighted by molar-refractivity contribution is 8.03. The number of hydrogen-bond acceptors (Lipinski definition) is 11. The zero-order valence-corrected chi connectivity index (χ0v) is 30.6. The summed E-state index contributed by atoms with van der Waals surface area (Å²) < 4.78 is 0. The van der Waals surface area contributed by atoms with Gasteiger partial charge in [0.1, 0.15) is 11.4 Å². The van der Waals surface area contributed by atoms with Crippen LogP contribution in [0.4, 0.5) is 0 Å². The van der Waals surface area contributed by atoms with Crippen LogP contribution in [0, 0.1) is 0 Å². The Kier molecular flexibility index (Phi) is 15.2. The number of Topliss-reactive ketones (excluding diaryl/α,β-unsaturated/α-hetero) is 2. The van der Waals surface area contributed by atoms with Gasteiger partial charge in [-0.15, -0.1) is 23.5 Å². The lowest BCUT2D eigenvalue weighted by Crippen LogP contribution is -2.19. The molecular weight excluding hydrogens is 724 g/mol. The van der Waals surface area contributed by atoms with E-state index in [9.17, 15) is 19.2 Å². The first kappa shape index (κ1) is 38.2. The minimum absolute atomic E-state index is 0.148. The van der Waals surface area contributed by atoms with E-state index in [0.29, 0.717) is 58.4 Å². The Morgan fingerprint density at radius 3 is 1.55 bits per heavy atom. The van der Waals surface area contributed by atoms with Crippen LogP contribution in [0.15, 0.2) is 120 Å². The number of oxime groups is 2. The van der Waals surface area contributed by atoms with Crippen molar-refractivity contribution in [2.75, 3.05) is 11.5 Å². The minimum atomic E-state index is -0.608. The van der Waals surface area contributed by atoms with Crippen molar-refractivity contribution >= 4 is 93.4 Å². The molecule has 0 fully saturated rings. The standard InChI is InChI=1S/C36H32Cl2N2O6S3/c1-23(41)45-39-33(19-21-47-29-15-7-27(37)8-16-29)35(43)25-3-11-31(12-4-25)49-32-13-5-26(6-14-32)36(44)34(40-46-24(2)42)20-22-48-30-17-9-28(38)10-18-30/h3-5,7-13,15-18H,6,14,19-22H2,1-2H3/b39-33+,40-34+. The van der Waals surface area contributed by atoms with Gasteiger partial charge >= 0.3 is 11.9 Å². The third kappa shape index (κ3) is 13.0. The fraction of sp³-hybridized carbons (Fsp3) is 0.222. The maximum Gasteiger partial charge on any atom is 0.331 e. The Bertz CT molecular complexity index is 1790. The van der Waals surface area contributed by atoms with Crippen LogP contribution in [0.1, 0.15) is 49.9 Å². The van der Waals surface area contributed by atoms with Crippen molar-refractivity contribution in [1.29, 1.82) is 0 Å². The maximum absolute atomic E-state index is 13.3. The van der Waals surface area contributed by atoms with E-state index in [1.165, 1.54) is 37.4 Å². The van der Waals surface area contributed by atoms with Crippen molar-refractivity contribution in [2.24, 2.45) is 10.3 Å². The average molecular weight is 756 g/mol. The van der Waals surface area contributed by atoms with Crippen molar-refractivity contribution < 1.29 is 28.9 Å². The van der Waals surface area contributed by atoms with Crippen LogP contribution in [0.3, 0.4) is 0 Å². The molecule has 0 unspecified atom stereocenters. The molecule has 0 bridgehead atoms. The van der Waals surface area contributed by atoms with Crippen molar-refractivity contribution in [1.82, 2.24) is 0 Å². The monoisotopic (exact) mass is 754 g/mol. The number of nitrogens with zero attached hydrogens (tertiary/aromatic N) is 2. The van der Waals surface area contributed by atoms with E-state index in [1.54, 1.807) is 54.2 Å². The van der Waals surface area contributed by atoms with Gasteiger partial charge in [-0.3, -0.25) is 9.59 Å². The smallest absolute Gasteiger partial charge is 0.318 e. The van der Waals surface area contributed by atoms with Crippen LogP contribution in [0.25, 0.3) is 0 Å². The van der Waals surface area contributed by atoms with Crippen molar-refractivity contribution in [3.8, 4) is 0 Å². The molecule has 4 rings (SSSR count). The molecule has 0 atom stereocenters. The lowest BCUT2D eigenvalue weighted by molar-refractivity contribution is -0.141. The van der Waals surface area contributed by atoms with E-state index in [0.717, 1.165) is 19.6 Å². The molecule has 13 heteroatoms. The quantitative estimate of drug-likeness (QED) is 0.0464. The Labute approximate surface area is 307 Å². The van der Waals surface area contributed by atoms with E-state index in [4.69, 9.17) is 32.9 Å². The lowest BCUT2D eigenvalue weighted by Gasteiger charge is -2.15. The lowest BCUT2D eigenvalue weighted by atomic mass is 9.97. The van der Waals surface area contributed by atoms with Gasteiger partial charge in [0.15, 0.2) is 0 Å². The van der Waals surface area contributed by atoms with Crippen molar-refractivity contribution in [2.45, 2.75) is 54.2 Å². The molecule has 0 spiro atoms. The van der Waals surface area contributed by atoms with Crippen molar-refractivity contribution in [3.05, 3.63) is 111 Å². The molecule has 0 saturated carbocycles. The van der Waals surface area contributed by atoms with Gasteiger partial charge in [0, 0.05) is 74.1 Å². The molecule has 3 aromatic rings. The summed E-state index contributed by atoms with van der Waals surface area (Å²) >= 11 is 16.5. The molecular formula is C36H32Cl2N2O6S3. The van der Waals surface area contributed by atoms with E-state index < -0.39 is 11.9 Å². The molecule has 8 nitrogen and oxygen atoms in total. The Morgan fingerprint density at radius 1 is 0.633 bits per heavy atom. The maximum atomic E-state index is 13.3. The summed E-state index contributed by atoms with van der Waals surface area (Å²) in [4.78, 5) is 63.0. The fourth-order valence-corrected chi connectivity index (χ4v) is 7.19. The van der Waals surface area contributed by atoms with Crippen LogP contribution >= 0.6 is 58.5 Å². The van der Waals surface area contributed by atoms with Crippen molar-refractivity contribution in [3.63, 3.8) is 0 Å². The molecule has 1 aliphatic rings. The largest absolute Gasteiger partial charge is 0.331 e. The fourth-order valence-electron chi connectivity index (χ4n) is 4.30. The van der Waals surface area contributed by atoms with Crippen LogP contribution in [-0.4, -0.2) is 46.4 Å². The average Bonchev–Trinajstić information content (AvgIpc) is 3.09. The van der Waals surface area contributed by atoms with E-state index in [2.05, 4.69) is 10.3 Å². The normalized spacial score (nSPS) is 13.3. The van der Waals surface area contributed by atoms with E-state index in [1.807, 2.05) is 42.5 Å². The van der Waals surface area contributed by atoms with Crippen LogP contribution in [-0.2, 0) is 24.1 Å². The Morgan fingerprint density at radius 2 is 1.10 bits per heavy atom. The summed E-state index contributed by atoms with van der Waals surface area (Å²) in [7, 11) is 0. The summed E-state index contributed by atoms with van der Waals surface area (Å²) in [5.74, 6) is -0.666. The first-order valence-electron chi connectivity index (χ1n) is 15.1. The number of halogens is 2. The molecule has 0 saturated heterocycles. The number of benzene rings is 3. The SMILES string of the molecule is CC(=O)O/N=C(\CCSc1ccc(Cl)cc1)C(=O)C1=CC=C(Sc2ccc(C(=O)/C(CCSc3ccc(Cl)cc3)=N/OC(C)=O)cc2)CC1. The second kappa shape index (κ2) is 19.5. The highest BCUT2D eigenvalue weighted by Crippen LogP contribution is 2.34. The third-order valence-electron chi connectivity index (χ3n) is 6.70. The molecule has 0 N–H and O–H groups in total. The molecule has 0 aliphatic heterocycles. The van der Waals surface area contributed by atoms with Gasteiger partial charge in [-0.05, 0) is 90.5 Å². The topological polar surface area (TPSA) is 111 Å². The first-order valence-corrected chi connectivity index (χ1v) is 18.6. The zero-order valence-electron chi connectivity index (χ0n) is 26.7. The van der Waals surface area contributed by atoms with Gasteiger partial charge in [0.25, 0.3) is 0 Å². The second-order valence-corrected chi connectivity index (χ2v) is 14.9. The second-order valence-electron chi connectivity index (χ2n) is 10.5. The van der Waals surface area contributed by atoms with Crippen LogP contribution in [0.5, 0.6) is 0 Å². The van der Waals surface area contributed by atoms with Gasteiger partial charge in [0.05, 0.1) is 0 Å². The van der Waals surface area contributed by atoms with Crippen LogP contribution < -0.4 is 0 Å². The molecule has 0 amide bonds. The van der Waals surface area contributed by atoms with Gasteiger partial charge in [-0.25, -0.2) is 9.59 Å². The van der Waals surface area contributed by atoms with E-state index in [-0.39, 0.29) is 23.0 Å². The molecule has 0 radical (unpaired) electrons. The number of allylic oxidation sites excluding steroid dienone is 4. The predicted molar refractivity (Wildman–Crippen MR) is 199 cm³/mol. The molecule has 49 heavy (non-hydrogen) atoms. The summed E-state index contributed by atoms with van der Waals surface area (Å²) in [6.07, 6.45) is 5.43. The molecule has 254 valence electrons. The number of carbonyl (C=O) groups excluding carboxylic acids is 4. The summed E-state index contributed by atoms with van der Waals surface area (Å²) in [5.41, 5.74) is 1.34. The number of rotatable bonds is 16. The molecule has 1 aliphatic carbocycles. The zero-order chi connectivity index (χ0) is 35.2. The predicted octanol–water partition coefficient (Wildman–Crippen LogP) is 9.64. The van der Waals surface area contributed by atoms with Crippen LogP contribution in [0.2, 0.25) is 10.0 Å². The summed E-state index contributed by atoms with van der Waals surface area (Å²) in [6, 6.07) is 21.9. The Hall–Kier alpha value is -3.61. The van der Waals surface area contributed by atoms with Gasteiger partial charge in [-0.2, -0.15) is 0 Å². The minimum Gasteiger partial charge on any atom is -0.318 e. The summed E-state index contributed by atoms with van der Waals surface area (Å²) in [6.45, 7) is 2.47. The molecule has 3 aromatic carbocycles. The number of thioether (sulfide) groups is 3. The molecule has 0 aromatic heterocycles. The molecule has 0 heterocycles. The van der Waals surface area contributed by atoms with Gasteiger partial charge in [0.2, 0.25) is 11.6 Å².